The van der Waals surface area contributed by atoms with Crippen molar-refractivity contribution in [1.29, 1.82) is 0 Å². The number of benzene rings is 5. The van der Waals surface area contributed by atoms with Crippen LogP contribution in [-0.4, -0.2) is 19.9 Å². The molecule has 4 nitrogen and oxygen atoms in total. The third-order valence-corrected chi connectivity index (χ3v) is 8.77. The average Bonchev–Trinajstić information content (AvgIpc) is 3.14. The number of rotatable bonds is 4. The van der Waals surface area contributed by atoms with Crippen LogP contribution in [0.5, 0.6) is 0 Å². The Bertz CT molecular complexity index is 2560. The first kappa shape index (κ1) is 26.2. The Morgan fingerprint density at radius 1 is 0.348 bits per heavy atom. The second kappa shape index (κ2) is 10.7. The summed E-state index contributed by atoms with van der Waals surface area (Å²) >= 11 is 0. The van der Waals surface area contributed by atoms with Crippen molar-refractivity contribution < 1.29 is 0 Å². The molecule has 0 N–H and O–H groups in total. The molecule has 0 radical (unpaired) electrons. The number of aromatic nitrogens is 4. The van der Waals surface area contributed by atoms with E-state index in [0.717, 1.165) is 71.7 Å². The van der Waals surface area contributed by atoms with E-state index < -0.39 is 0 Å². The molecule has 9 rings (SSSR count). The van der Waals surface area contributed by atoms with E-state index in [1.165, 1.54) is 16.7 Å². The molecule has 0 atom stereocenters. The summed E-state index contributed by atoms with van der Waals surface area (Å²) in [4.78, 5) is 19.1. The van der Waals surface area contributed by atoms with E-state index in [1.807, 2.05) is 42.6 Å². The molecule has 4 aromatic heterocycles. The van der Waals surface area contributed by atoms with Crippen LogP contribution in [0.1, 0.15) is 0 Å². The summed E-state index contributed by atoms with van der Waals surface area (Å²) in [6.45, 7) is 0. The number of pyridine rings is 4. The van der Waals surface area contributed by atoms with Crippen molar-refractivity contribution in [1.82, 2.24) is 19.9 Å². The van der Waals surface area contributed by atoms with Gasteiger partial charge in [0.25, 0.3) is 0 Å². The van der Waals surface area contributed by atoms with Gasteiger partial charge in [-0.15, -0.1) is 0 Å². The Kier molecular flexibility index (Phi) is 6.10. The molecule has 0 saturated carbocycles. The summed E-state index contributed by atoms with van der Waals surface area (Å²) in [7, 11) is 0. The van der Waals surface area contributed by atoms with Gasteiger partial charge >= 0.3 is 0 Å². The molecule has 214 valence electrons. The highest BCUT2D eigenvalue weighted by Gasteiger charge is 2.14. The maximum absolute atomic E-state index is 5.06. The number of hydrogen-bond acceptors (Lipinski definition) is 4. The zero-order chi connectivity index (χ0) is 30.5. The van der Waals surface area contributed by atoms with Crippen LogP contribution < -0.4 is 0 Å². The number of fused-ring (bicyclic) bond motifs is 5. The Balaban J connectivity index is 1.06. The molecular formula is C42H26N4. The lowest BCUT2D eigenvalue weighted by molar-refractivity contribution is 1.28. The van der Waals surface area contributed by atoms with E-state index in [9.17, 15) is 0 Å². The average molecular weight is 587 g/mol. The SMILES string of the molecule is c1ccc(-c2ccc3ccc(-c4ccc(-c5ccc(-c6c7ccccc7nc7c6ccc6cccnc67)cc5)cc4)cc3n2)nc1. The quantitative estimate of drug-likeness (QED) is 0.152. The number of hydrogen-bond donors (Lipinski definition) is 0. The molecule has 0 aliphatic heterocycles. The van der Waals surface area contributed by atoms with Crippen LogP contribution >= 0.6 is 0 Å². The highest BCUT2D eigenvalue weighted by atomic mass is 14.8. The van der Waals surface area contributed by atoms with Gasteiger partial charge in [0.15, 0.2) is 0 Å². The maximum Gasteiger partial charge on any atom is 0.0978 e. The molecule has 5 aromatic carbocycles. The Hall–Kier alpha value is -6.26. The number of para-hydroxylation sites is 1. The molecule has 0 saturated heterocycles. The minimum Gasteiger partial charge on any atom is -0.255 e. The van der Waals surface area contributed by atoms with Crippen LogP contribution in [-0.2, 0) is 0 Å². The largest absolute Gasteiger partial charge is 0.255 e. The van der Waals surface area contributed by atoms with Gasteiger partial charge in [-0.05, 0) is 64.2 Å². The summed E-state index contributed by atoms with van der Waals surface area (Å²) in [5.41, 5.74) is 12.5. The molecule has 0 bridgehead atoms. The molecule has 0 unspecified atom stereocenters. The fourth-order valence-corrected chi connectivity index (χ4v) is 6.44. The van der Waals surface area contributed by atoms with E-state index in [-0.39, 0.29) is 0 Å². The second-order valence-electron chi connectivity index (χ2n) is 11.5. The van der Waals surface area contributed by atoms with E-state index in [1.54, 1.807) is 6.20 Å². The normalized spacial score (nSPS) is 11.5. The molecule has 46 heavy (non-hydrogen) atoms. The van der Waals surface area contributed by atoms with E-state index >= 15 is 0 Å². The summed E-state index contributed by atoms with van der Waals surface area (Å²) in [6, 6.07) is 50.9. The van der Waals surface area contributed by atoms with Gasteiger partial charge in [-0.2, -0.15) is 0 Å². The molecule has 0 aliphatic carbocycles. The molecule has 0 fully saturated rings. The van der Waals surface area contributed by atoms with Crippen LogP contribution in [0, 0.1) is 0 Å². The smallest absolute Gasteiger partial charge is 0.0978 e. The molecular weight excluding hydrogens is 560 g/mol. The van der Waals surface area contributed by atoms with Gasteiger partial charge in [0.05, 0.1) is 33.5 Å². The van der Waals surface area contributed by atoms with Crippen LogP contribution in [0.2, 0.25) is 0 Å². The van der Waals surface area contributed by atoms with Crippen LogP contribution in [0.4, 0.5) is 0 Å². The lowest BCUT2D eigenvalue weighted by Gasteiger charge is -2.13. The lowest BCUT2D eigenvalue weighted by atomic mass is 9.93. The lowest BCUT2D eigenvalue weighted by Crippen LogP contribution is -1.91. The van der Waals surface area contributed by atoms with Gasteiger partial charge in [-0.3, -0.25) is 9.97 Å². The molecule has 4 heteroatoms. The fourth-order valence-electron chi connectivity index (χ4n) is 6.44. The third kappa shape index (κ3) is 4.47. The summed E-state index contributed by atoms with van der Waals surface area (Å²) < 4.78 is 0. The summed E-state index contributed by atoms with van der Waals surface area (Å²) in [5, 5.41) is 4.45. The predicted octanol–water partition coefficient (Wildman–Crippen LogP) is 10.5. The zero-order valence-electron chi connectivity index (χ0n) is 24.8. The highest BCUT2D eigenvalue weighted by molar-refractivity contribution is 6.15. The second-order valence-corrected chi connectivity index (χ2v) is 11.5. The Morgan fingerprint density at radius 2 is 1.02 bits per heavy atom. The minimum absolute atomic E-state index is 0.876. The standard InChI is InChI=1S/C42H26N4/c1-2-8-36-34(7-1)40(35-22-20-32-6-5-25-44-41(32)42(35)46-36)31-17-14-28(15-18-31)27-10-12-29(13-11-27)33-19-16-30-21-23-38(45-39(30)26-33)37-9-3-4-24-43-37/h1-26H. The van der Waals surface area contributed by atoms with Crippen molar-refractivity contribution in [2.24, 2.45) is 0 Å². The van der Waals surface area contributed by atoms with E-state index in [2.05, 4.69) is 114 Å². The minimum atomic E-state index is 0.876. The van der Waals surface area contributed by atoms with Gasteiger partial charge in [0, 0.05) is 39.5 Å². The van der Waals surface area contributed by atoms with Gasteiger partial charge in [0.1, 0.15) is 0 Å². The van der Waals surface area contributed by atoms with Crippen molar-refractivity contribution in [3.63, 3.8) is 0 Å². The Labute approximate surface area is 265 Å². The topological polar surface area (TPSA) is 51.6 Å². The zero-order valence-corrected chi connectivity index (χ0v) is 24.8. The molecule has 0 spiro atoms. The molecule has 9 aromatic rings. The third-order valence-electron chi connectivity index (χ3n) is 8.77. The van der Waals surface area contributed by atoms with Crippen molar-refractivity contribution >= 4 is 43.6 Å². The first-order chi connectivity index (χ1) is 22.8. The van der Waals surface area contributed by atoms with Crippen molar-refractivity contribution in [2.45, 2.75) is 0 Å². The van der Waals surface area contributed by atoms with Crippen LogP contribution in [0.25, 0.3) is 88.4 Å². The van der Waals surface area contributed by atoms with Crippen LogP contribution in [0.3, 0.4) is 0 Å². The highest BCUT2D eigenvalue weighted by Crippen LogP contribution is 2.38. The first-order valence-corrected chi connectivity index (χ1v) is 15.4. The van der Waals surface area contributed by atoms with Gasteiger partial charge < -0.3 is 0 Å². The van der Waals surface area contributed by atoms with E-state index in [0.29, 0.717) is 0 Å². The van der Waals surface area contributed by atoms with Gasteiger partial charge in [-0.1, -0.05) is 109 Å². The van der Waals surface area contributed by atoms with Crippen molar-refractivity contribution in [3.05, 3.63) is 158 Å². The van der Waals surface area contributed by atoms with E-state index in [4.69, 9.17) is 15.0 Å². The maximum atomic E-state index is 5.06. The molecule has 0 amide bonds. The van der Waals surface area contributed by atoms with Gasteiger partial charge in [0.2, 0.25) is 0 Å². The monoisotopic (exact) mass is 586 g/mol. The number of nitrogens with zero attached hydrogens (tertiary/aromatic N) is 4. The Morgan fingerprint density at radius 3 is 1.83 bits per heavy atom. The van der Waals surface area contributed by atoms with Crippen molar-refractivity contribution in [3.8, 4) is 44.8 Å². The predicted molar refractivity (Wildman–Crippen MR) is 189 cm³/mol. The molecule has 4 heterocycles. The van der Waals surface area contributed by atoms with Gasteiger partial charge in [-0.25, -0.2) is 9.97 Å². The van der Waals surface area contributed by atoms with Crippen LogP contribution in [0.15, 0.2) is 158 Å². The fraction of sp³-hybridized carbons (Fsp3) is 0. The molecule has 0 aliphatic rings. The summed E-state index contributed by atoms with van der Waals surface area (Å²) in [5.74, 6) is 0. The van der Waals surface area contributed by atoms with Crippen molar-refractivity contribution in [2.75, 3.05) is 0 Å². The first-order valence-electron chi connectivity index (χ1n) is 15.4. The summed E-state index contributed by atoms with van der Waals surface area (Å²) in [6.07, 6.45) is 3.64.